The summed E-state index contributed by atoms with van der Waals surface area (Å²) in [5.74, 6) is -0.511. The standard InChI is InChI=1S/C21H28N4O5/c1-2-21(16-6-4-3-5-7-16)19(27)25(20(28)22-21)23-17(26)14-24-10-8-15(9-11-24)18-29-12-13-30-18/h3-7,15,18H,2,8-14H2,1H3,(H,22,28)(H,23,26). The van der Waals surface area contributed by atoms with E-state index in [1.807, 2.05) is 30.0 Å². The highest BCUT2D eigenvalue weighted by atomic mass is 16.7. The highest BCUT2D eigenvalue weighted by Crippen LogP contribution is 2.31. The Hall–Kier alpha value is -2.49. The number of carbonyl (C=O) groups excluding carboxylic acids is 3. The van der Waals surface area contributed by atoms with Crippen LogP contribution >= 0.6 is 0 Å². The number of nitrogens with one attached hydrogen (secondary N) is 2. The van der Waals surface area contributed by atoms with Crippen molar-refractivity contribution >= 4 is 17.8 Å². The van der Waals surface area contributed by atoms with Gasteiger partial charge in [0, 0.05) is 5.92 Å². The first kappa shape index (κ1) is 20.8. The molecule has 0 spiro atoms. The summed E-state index contributed by atoms with van der Waals surface area (Å²) in [6.07, 6.45) is 2.02. The Bertz CT molecular complexity index is 790. The molecule has 0 radical (unpaired) electrons. The highest BCUT2D eigenvalue weighted by Gasteiger charge is 2.52. The van der Waals surface area contributed by atoms with Gasteiger partial charge in [0.05, 0.1) is 19.8 Å². The van der Waals surface area contributed by atoms with E-state index in [0.717, 1.165) is 30.9 Å². The molecule has 3 heterocycles. The fourth-order valence-electron chi connectivity index (χ4n) is 4.43. The first-order valence-electron chi connectivity index (χ1n) is 10.5. The second-order valence-electron chi connectivity index (χ2n) is 7.95. The summed E-state index contributed by atoms with van der Waals surface area (Å²) in [7, 11) is 0. The summed E-state index contributed by atoms with van der Waals surface area (Å²) >= 11 is 0. The lowest BCUT2D eigenvalue weighted by Crippen LogP contribution is -2.52. The minimum Gasteiger partial charge on any atom is -0.350 e. The lowest BCUT2D eigenvalue weighted by Gasteiger charge is -2.33. The van der Waals surface area contributed by atoms with E-state index in [4.69, 9.17) is 9.47 Å². The van der Waals surface area contributed by atoms with Gasteiger partial charge in [0.1, 0.15) is 5.54 Å². The average Bonchev–Trinajstić information content (AvgIpc) is 3.38. The molecule has 9 nitrogen and oxygen atoms in total. The fourth-order valence-corrected chi connectivity index (χ4v) is 4.43. The van der Waals surface area contributed by atoms with Crippen molar-refractivity contribution in [1.82, 2.24) is 20.7 Å². The molecule has 0 saturated carbocycles. The maximum absolute atomic E-state index is 13.1. The van der Waals surface area contributed by atoms with E-state index in [9.17, 15) is 14.4 Å². The third-order valence-corrected chi connectivity index (χ3v) is 6.16. The monoisotopic (exact) mass is 416 g/mol. The van der Waals surface area contributed by atoms with Gasteiger partial charge in [0.2, 0.25) is 0 Å². The van der Waals surface area contributed by atoms with E-state index < -0.39 is 17.5 Å². The zero-order valence-corrected chi connectivity index (χ0v) is 17.1. The first-order chi connectivity index (χ1) is 14.5. The maximum Gasteiger partial charge on any atom is 0.344 e. The van der Waals surface area contributed by atoms with Gasteiger partial charge in [0.25, 0.3) is 11.8 Å². The van der Waals surface area contributed by atoms with Gasteiger partial charge < -0.3 is 14.8 Å². The van der Waals surface area contributed by atoms with Gasteiger partial charge in [0.15, 0.2) is 6.29 Å². The van der Waals surface area contributed by atoms with Crippen molar-refractivity contribution in [2.24, 2.45) is 5.92 Å². The quantitative estimate of drug-likeness (QED) is 0.670. The molecule has 4 amide bonds. The maximum atomic E-state index is 13.1. The summed E-state index contributed by atoms with van der Waals surface area (Å²) in [5, 5.41) is 3.57. The number of ether oxygens (including phenoxy) is 2. The molecule has 0 aromatic heterocycles. The van der Waals surface area contributed by atoms with Gasteiger partial charge in [-0.1, -0.05) is 37.3 Å². The lowest BCUT2D eigenvalue weighted by atomic mass is 9.87. The minimum absolute atomic E-state index is 0.126. The highest BCUT2D eigenvalue weighted by molar-refractivity contribution is 6.08. The van der Waals surface area contributed by atoms with Crippen LogP contribution in [0.1, 0.15) is 31.7 Å². The number of urea groups is 1. The van der Waals surface area contributed by atoms with Gasteiger partial charge in [-0.25, -0.2) is 4.79 Å². The molecule has 30 heavy (non-hydrogen) atoms. The molecular formula is C21H28N4O5. The van der Waals surface area contributed by atoms with E-state index in [-0.39, 0.29) is 18.7 Å². The number of carbonyl (C=O) groups is 3. The van der Waals surface area contributed by atoms with Gasteiger partial charge in [-0.15, -0.1) is 0 Å². The largest absolute Gasteiger partial charge is 0.350 e. The number of piperidine rings is 1. The van der Waals surface area contributed by atoms with Gasteiger partial charge >= 0.3 is 6.03 Å². The Morgan fingerprint density at radius 1 is 1.17 bits per heavy atom. The third-order valence-electron chi connectivity index (χ3n) is 6.16. The Morgan fingerprint density at radius 3 is 2.47 bits per heavy atom. The summed E-state index contributed by atoms with van der Waals surface area (Å²) in [4.78, 5) is 40.1. The van der Waals surface area contributed by atoms with Gasteiger partial charge in [-0.3, -0.25) is 19.9 Å². The number of hydrazine groups is 1. The average molecular weight is 416 g/mol. The number of nitrogens with zero attached hydrogens (tertiary/aromatic N) is 2. The Labute approximate surface area is 175 Å². The smallest absolute Gasteiger partial charge is 0.344 e. The molecule has 1 unspecified atom stereocenters. The number of amides is 4. The number of rotatable bonds is 6. The van der Waals surface area contributed by atoms with E-state index in [1.54, 1.807) is 12.1 Å². The van der Waals surface area contributed by atoms with Crippen LogP contribution in [-0.4, -0.2) is 66.9 Å². The second-order valence-corrected chi connectivity index (χ2v) is 7.95. The molecule has 3 saturated heterocycles. The summed E-state index contributed by atoms with van der Waals surface area (Å²) < 4.78 is 11.2. The second kappa shape index (κ2) is 8.71. The number of imide groups is 1. The van der Waals surface area contributed by atoms with Crippen molar-refractivity contribution in [1.29, 1.82) is 0 Å². The van der Waals surface area contributed by atoms with Crippen LogP contribution in [0.5, 0.6) is 0 Å². The molecule has 0 bridgehead atoms. The molecule has 1 aromatic carbocycles. The molecule has 0 aliphatic carbocycles. The minimum atomic E-state index is -1.16. The van der Waals surface area contributed by atoms with Crippen molar-refractivity contribution in [3.63, 3.8) is 0 Å². The Balaban J connectivity index is 1.33. The summed E-state index contributed by atoms with van der Waals surface area (Å²) in [5.41, 5.74) is 2.03. The van der Waals surface area contributed by atoms with E-state index in [0.29, 0.717) is 31.1 Å². The molecule has 1 atom stereocenters. The third kappa shape index (κ3) is 3.92. The van der Waals surface area contributed by atoms with Gasteiger partial charge in [-0.2, -0.15) is 5.01 Å². The molecule has 162 valence electrons. The molecule has 3 aliphatic rings. The molecule has 4 rings (SSSR count). The summed E-state index contributed by atoms with van der Waals surface area (Å²) in [6, 6.07) is 8.47. The van der Waals surface area contributed by atoms with Crippen LogP contribution in [-0.2, 0) is 24.6 Å². The van der Waals surface area contributed by atoms with E-state index >= 15 is 0 Å². The lowest BCUT2D eigenvalue weighted by molar-refractivity contribution is -0.140. The van der Waals surface area contributed by atoms with E-state index in [1.165, 1.54) is 0 Å². The number of benzene rings is 1. The molecule has 3 fully saturated rings. The summed E-state index contributed by atoms with van der Waals surface area (Å²) in [6.45, 7) is 4.72. The predicted octanol–water partition coefficient (Wildman–Crippen LogP) is 0.960. The van der Waals surface area contributed by atoms with Crippen molar-refractivity contribution in [2.75, 3.05) is 32.8 Å². The van der Waals surface area contributed by atoms with Crippen LogP contribution in [0.15, 0.2) is 30.3 Å². The van der Waals surface area contributed by atoms with Crippen molar-refractivity contribution in [3.8, 4) is 0 Å². The van der Waals surface area contributed by atoms with Crippen LogP contribution in [0.25, 0.3) is 0 Å². The Morgan fingerprint density at radius 2 is 1.83 bits per heavy atom. The zero-order valence-electron chi connectivity index (χ0n) is 17.1. The molecule has 1 aromatic rings. The Kier molecular flexibility index (Phi) is 6.03. The normalized spacial score (nSPS) is 26.2. The predicted molar refractivity (Wildman–Crippen MR) is 107 cm³/mol. The van der Waals surface area contributed by atoms with E-state index in [2.05, 4.69) is 10.7 Å². The molecular weight excluding hydrogens is 388 g/mol. The molecule has 2 N–H and O–H groups in total. The van der Waals surface area contributed by atoms with Crippen LogP contribution in [0, 0.1) is 5.92 Å². The van der Waals surface area contributed by atoms with Crippen molar-refractivity contribution < 1.29 is 23.9 Å². The molecule has 9 heteroatoms. The van der Waals surface area contributed by atoms with Crippen LogP contribution in [0.3, 0.4) is 0 Å². The number of hydrogen-bond donors (Lipinski definition) is 2. The molecule has 3 aliphatic heterocycles. The van der Waals surface area contributed by atoms with Crippen molar-refractivity contribution in [3.05, 3.63) is 35.9 Å². The topological polar surface area (TPSA) is 100 Å². The fraction of sp³-hybridized carbons (Fsp3) is 0.571. The number of likely N-dealkylation sites (tertiary alicyclic amines) is 1. The number of hydrogen-bond acceptors (Lipinski definition) is 6. The van der Waals surface area contributed by atoms with Crippen LogP contribution in [0.4, 0.5) is 4.79 Å². The first-order valence-corrected chi connectivity index (χ1v) is 10.5. The van der Waals surface area contributed by atoms with Gasteiger partial charge in [-0.05, 0) is 37.9 Å². The van der Waals surface area contributed by atoms with Crippen LogP contribution in [0.2, 0.25) is 0 Å². The zero-order chi connectivity index (χ0) is 21.1. The van der Waals surface area contributed by atoms with Crippen LogP contribution < -0.4 is 10.7 Å². The SMILES string of the molecule is CCC1(c2ccccc2)NC(=O)N(NC(=O)CN2CCC(C3OCCO3)CC2)C1=O. The van der Waals surface area contributed by atoms with Crippen molar-refractivity contribution in [2.45, 2.75) is 38.0 Å².